The van der Waals surface area contributed by atoms with E-state index in [9.17, 15) is 10.1 Å². The maximum absolute atomic E-state index is 12.9. The fourth-order valence-corrected chi connectivity index (χ4v) is 3.25. The molecule has 136 valence electrons. The Morgan fingerprint density at radius 1 is 1.22 bits per heavy atom. The smallest absolute Gasteiger partial charge is 0.338 e. The van der Waals surface area contributed by atoms with Crippen LogP contribution >= 0.6 is 11.6 Å². The molecule has 5 nitrogen and oxygen atoms in total. The van der Waals surface area contributed by atoms with Crippen LogP contribution in [0, 0.1) is 11.3 Å². The van der Waals surface area contributed by atoms with Gasteiger partial charge in [-0.15, -0.1) is 0 Å². The number of halogens is 1. The molecule has 0 aromatic heterocycles. The molecule has 0 radical (unpaired) electrons. The van der Waals surface area contributed by atoms with Crippen LogP contribution < -0.4 is 5.73 Å². The van der Waals surface area contributed by atoms with Crippen LogP contribution in [0.4, 0.5) is 0 Å². The zero-order valence-electron chi connectivity index (χ0n) is 14.6. The second kappa shape index (κ2) is 7.98. The average Bonchev–Trinajstić information content (AvgIpc) is 2.68. The van der Waals surface area contributed by atoms with Crippen LogP contribution in [0.3, 0.4) is 0 Å². The number of benzene rings is 2. The molecule has 0 unspecified atom stereocenters. The third kappa shape index (κ3) is 3.53. The van der Waals surface area contributed by atoms with Gasteiger partial charge in [-0.05, 0) is 18.6 Å². The zero-order chi connectivity index (χ0) is 19.4. The summed E-state index contributed by atoms with van der Waals surface area (Å²) in [6, 6.07) is 18.1. The first-order valence-corrected chi connectivity index (χ1v) is 8.75. The number of nitrogens with two attached hydrogens (primary N) is 1. The summed E-state index contributed by atoms with van der Waals surface area (Å²) in [6.07, 6.45) is 0. The number of hydrogen-bond acceptors (Lipinski definition) is 5. The van der Waals surface area contributed by atoms with Gasteiger partial charge in [-0.1, -0.05) is 60.1 Å². The van der Waals surface area contributed by atoms with Crippen molar-refractivity contribution in [3.63, 3.8) is 0 Å². The lowest BCUT2D eigenvalue weighted by atomic mass is 9.82. The quantitative estimate of drug-likeness (QED) is 0.806. The molecule has 0 saturated carbocycles. The Kier molecular flexibility index (Phi) is 5.49. The molecular formula is C21H17ClN2O3. The van der Waals surface area contributed by atoms with E-state index in [2.05, 4.69) is 6.07 Å². The minimum atomic E-state index is -0.785. The van der Waals surface area contributed by atoms with E-state index in [0.717, 1.165) is 0 Å². The molecule has 2 N–H and O–H groups in total. The van der Waals surface area contributed by atoms with Gasteiger partial charge in [-0.3, -0.25) is 0 Å². The SMILES string of the molecule is CCOC(=O)C1=C(c2ccccc2)OC(N)=C(C#N)[C@H]1c1ccccc1Cl. The Morgan fingerprint density at radius 3 is 2.52 bits per heavy atom. The second-order valence-electron chi connectivity index (χ2n) is 5.78. The normalized spacial score (nSPS) is 16.6. The number of esters is 1. The molecule has 0 spiro atoms. The molecule has 3 rings (SSSR count). The van der Waals surface area contributed by atoms with Crippen molar-refractivity contribution >= 4 is 23.3 Å². The van der Waals surface area contributed by atoms with Crippen LogP contribution in [-0.2, 0) is 14.3 Å². The molecule has 1 aliphatic rings. The van der Waals surface area contributed by atoms with E-state index in [1.54, 1.807) is 43.3 Å². The van der Waals surface area contributed by atoms with Gasteiger partial charge in [0.15, 0.2) is 0 Å². The fourth-order valence-electron chi connectivity index (χ4n) is 3.00. The highest BCUT2D eigenvalue weighted by Gasteiger charge is 2.38. The minimum absolute atomic E-state index is 0.0608. The van der Waals surface area contributed by atoms with E-state index >= 15 is 0 Å². The molecule has 0 bridgehead atoms. The summed E-state index contributed by atoms with van der Waals surface area (Å²) in [6.45, 7) is 1.89. The van der Waals surface area contributed by atoms with Gasteiger partial charge in [0, 0.05) is 10.6 Å². The molecule has 0 fully saturated rings. The van der Waals surface area contributed by atoms with Crippen molar-refractivity contribution in [3.05, 3.63) is 87.8 Å². The van der Waals surface area contributed by atoms with E-state index in [1.807, 2.05) is 18.2 Å². The van der Waals surface area contributed by atoms with Crippen LogP contribution in [0.25, 0.3) is 5.76 Å². The number of nitriles is 1. The zero-order valence-corrected chi connectivity index (χ0v) is 15.4. The van der Waals surface area contributed by atoms with E-state index in [0.29, 0.717) is 16.1 Å². The van der Waals surface area contributed by atoms with Crippen LogP contribution in [0.2, 0.25) is 5.02 Å². The largest absolute Gasteiger partial charge is 0.463 e. The van der Waals surface area contributed by atoms with Crippen LogP contribution in [0.15, 0.2) is 71.6 Å². The number of allylic oxidation sites excluding steroid dienone is 1. The summed E-state index contributed by atoms with van der Waals surface area (Å²) in [7, 11) is 0. The van der Waals surface area contributed by atoms with E-state index < -0.39 is 11.9 Å². The third-order valence-electron chi connectivity index (χ3n) is 4.17. The van der Waals surface area contributed by atoms with Gasteiger partial charge in [0.25, 0.3) is 0 Å². The molecule has 0 aliphatic carbocycles. The van der Waals surface area contributed by atoms with Crippen molar-refractivity contribution in [2.75, 3.05) is 6.61 Å². The lowest BCUT2D eigenvalue weighted by Gasteiger charge is -2.28. The molecule has 6 heteroatoms. The highest BCUT2D eigenvalue weighted by Crippen LogP contribution is 2.44. The summed E-state index contributed by atoms with van der Waals surface area (Å²) >= 11 is 6.38. The summed E-state index contributed by atoms with van der Waals surface area (Å²) in [4.78, 5) is 12.9. The first-order valence-electron chi connectivity index (χ1n) is 8.37. The summed E-state index contributed by atoms with van der Waals surface area (Å²) in [5, 5.41) is 10.1. The number of carbonyl (C=O) groups is 1. The van der Waals surface area contributed by atoms with Gasteiger partial charge in [-0.2, -0.15) is 5.26 Å². The fraction of sp³-hybridized carbons (Fsp3) is 0.143. The number of hydrogen-bond donors (Lipinski definition) is 1. The monoisotopic (exact) mass is 380 g/mol. The standard InChI is InChI=1S/C21H17ClN2O3/c1-2-26-21(25)18-17(14-10-6-7-11-16(14)22)15(12-23)20(24)27-19(18)13-8-4-3-5-9-13/h3-11,17H,2,24H2,1H3/t17-/m1/s1. The minimum Gasteiger partial charge on any atom is -0.463 e. The van der Waals surface area contributed by atoms with Crippen molar-refractivity contribution in [1.82, 2.24) is 0 Å². The summed E-state index contributed by atoms with van der Waals surface area (Å²) in [5.41, 5.74) is 7.58. The predicted octanol–water partition coefficient (Wildman–Crippen LogP) is 4.12. The van der Waals surface area contributed by atoms with Crippen LogP contribution in [0.1, 0.15) is 24.0 Å². The number of ether oxygens (including phenoxy) is 2. The molecule has 2 aromatic carbocycles. The van der Waals surface area contributed by atoms with Crippen molar-refractivity contribution in [2.45, 2.75) is 12.8 Å². The molecule has 1 aliphatic heterocycles. The topological polar surface area (TPSA) is 85.3 Å². The second-order valence-corrected chi connectivity index (χ2v) is 6.18. The highest BCUT2D eigenvalue weighted by molar-refractivity contribution is 6.31. The maximum atomic E-state index is 12.9. The van der Waals surface area contributed by atoms with Gasteiger partial charge in [0.2, 0.25) is 5.88 Å². The van der Waals surface area contributed by atoms with Gasteiger partial charge in [0.05, 0.1) is 18.1 Å². The Morgan fingerprint density at radius 2 is 1.89 bits per heavy atom. The van der Waals surface area contributed by atoms with Crippen molar-refractivity contribution in [2.24, 2.45) is 5.73 Å². The summed E-state index contributed by atoms with van der Waals surface area (Å²) < 4.78 is 11.0. The molecular weight excluding hydrogens is 364 g/mol. The Bertz CT molecular complexity index is 974. The molecule has 27 heavy (non-hydrogen) atoms. The van der Waals surface area contributed by atoms with Gasteiger partial charge >= 0.3 is 5.97 Å². The molecule has 2 aromatic rings. The summed E-state index contributed by atoms with van der Waals surface area (Å²) in [5.74, 6) is -1.17. The Balaban J connectivity index is 2.31. The van der Waals surface area contributed by atoms with Gasteiger partial charge in [0.1, 0.15) is 17.4 Å². The van der Waals surface area contributed by atoms with Crippen molar-refractivity contribution in [1.29, 1.82) is 5.26 Å². The Hall–Kier alpha value is -3.23. The average molecular weight is 381 g/mol. The maximum Gasteiger partial charge on any atom is 0.338 e. The highest BCUT2D eigenvalue weighted by atomic mass is 35.5. The number of rotatable bonds is 4. The third-order valence-corrected chi connectivity index (χ3v) is 4.51. The molecule has 0 saturated heterocycles. The lowest BCUT2D eigenvalue weighted by Crippen LogP contribution is -2.26. The first-order chi connectivity index (χ1) is 13.1. The van der Waals surface area contributed by atoms with E-state index in [-0.39, 0.29) is 29.4 Å². The number of carbonyl (C=O) groups excluding carboxylic acids is 1. The Labute approximate surface area is 162 Å². The predicted molar refractivity (Wildman–Crippen MR) is 102 cm³/mol. The molecule has 1 heterocycles. The van der Waals surface area contributed by atoms with Crippen LogP contribution in [0.5, 0.6) is 0 Å². The number of nitrogens with zero attached hydrogens (tertiary/aromatic N) is 1. The van der Waals surface area contributed by atoms with E-state index in [1.165, 1.54) is 0 Å². The van der Waals surface area contributed by atoms with Crippen LogP contribution in [-0.4, -0.2) is 12.6 Å². The lowest BCUT2D eigenvalue weighted by molar-refractivity contribution is -0.138. The van der Waals surface area contributed by atoms with Crippen molar-refractivity contribution < 1.29 is 14.3 Å². The van der Waals surface area contributed by atoms with Crippen molar-refractivity contribution in [3.8, 4) is 6.07 Å². The van der Waals surface area contributed by atoms with E-state index in [4.69, 9.17) is 26.8 Å². The first kappa shape index (κ1) is 18.6. The van der Waals surface area contributed by atoms with Gasteiger partial charge in [-0.25, -0.2) is 4.79 Å². The molecule has 1 atom stereocenters. The van der Waals surface area contributed by atoms with Gasteiger partial charge < -0.3 is 15.2 Å². The molecule has 0 amide bonds.